The van der Waals surface area contributed by atoms with Crippen molar-refractivity contribution in [3.8, 4) is 0 Å². The first-order valence-corrected chi connectivity index (χ1v) is 10.9. The Morgan fingerprint density at radius 1 is 1.12 bits per heavy atom. The maximum atomic E-state index is 14.6. The Bertz CT molecular complexity index is 951. The number of aromatic nitrogens is 1. The van der Waals surface area contributed by atoms with Gasteiger partial charge in [-0.1, -0.05) is 0 Å². The summed E-state index contributed by atoms with van der Waals surface area (Å²) < 4.78 is 14.6. The zero-order valence-electron chi connectivity index (χ0n) is 18.2. The molecule has 3 heterocycles. The molecule has 1 aromatic carbocycles. The van der Waals surface area contributed by atoms with Crippen LogP contribution in [0.3, 0.4) is 0 Å². The van der Waals surface area contributed by atoms with E-state index in [1.807, 2.05) is 17.0 Å². The normalized spacial score (nSPS) is 22.1. The topological polar surface area (TPSA) is 98.0 Å². The lowest BCUT2D eigenvalue weighted by Crippen LogP contribution is -2.47. The third-order valence-electron chi connectivity index (χ3n) is 6.19. The summed E-state index contributed by atoms with van der Waals surface area (Å²) in [6.45, 7) is 3.84. The number of piperidine rings is 1. The fourth-order valence-electron chi connectivity index (χ4n) is 4.22. The molecule has 2 aromatic rings. The average molecular weight is 445 g/mol. The van der Waals surface area contributed by atoms with Gasteiger partial charge in [-0.15, -0.1) is 0 Å². The molecule has 2 fully saturated rings. The first-order chi connectivity index (χ1) is 15.4. The molecular weight excluding hydrogens is 415 g/mol. The van der Waals surface area contributed by atoms with Gasteiger partial charge in [-0.3, -0.25) is 10.1 Å². The van der Waals surface area contributed by atoms with E-state index < -0.39 is 17.2 Å². The summed E-state index contributed by atoms with van der Waals surface area (Å²) in [7, 11) is 2.07. The van der Waals surface area contributed by atoms with Gasteiger partial charge in [0.25, 0.3) is 0 Å². The number of hydrogen-bond acceptors (Lipinski definition) is 8. The molecule has 1 aromatic heterocycles. The molecule has 0 saturated carbocycles. The van der Waals surface area contributed by atoms with Crippen LogP contribution >= 0.6 is 0 Å². The second kappa shape index (κ2) is 9.25. The second-order valence-electron chi connectivity index (χ2n) is 8.59. The molecule has 0 spiro atoms. The van der Waals surface area contributed by atoms with Gasteiger partial charge < -0.3 is 25.1 Å². The van der Waals surface area contributed by atoms with Gasteiger partial charge in [0.15, 0.2) is 5.67 Å². The maximum Gasteiger partial charge on any atom is 0.311 e. The molecule has 0 amide bonds. The number of benzene rings is 1. The predicted molar refractivity (Wildman–Crippen MR) is 123 cm³/mol. The van der Waals surface area contributed by atoms with E-state index in [0.29, 0.717) is 24.3 Å². The number of nitrogens with one attached hydrogen (secondary N) is 1. The Labute approximate surface area is 186 Å². The summed E-state index contributed by atoms with van der Waals surface area (Å²) in [5, 5.41) is 24.0. The fourth-order valence-corrected chi connectivity index (χ4v) is 4.22. The van der Waals surface area contributed by atoms with Crippen LogP contribution in [-0.2, 0) is 0 Å². The third kappa shape index (κ3) is 4.91. The number of aliphatic hydroxyl groups excluding tert-OH is 1. The number of aliphatic hydroxyl groups is 1. The van der Waals surface area contributed by atoms with E-state index in [1.165, 1.54) is 6.07 Å². The van der Waals surface area contributed by atoms with Gasteiger partial charge >= 0.3 is 5.69 Å². The number of nitrogens with zero attached hydrogens (tertiary/aromatic N) is 5. The van der Waals surface area contributed by atoms with Gasteiger partial charge in [0.1, 0.15) is 5.82 Å². The van der Waals surface area contributed by atoms with Gasteiger partial charge in [0.05, 0.1) is 18.1 Å². The lowest BCUT2D eigenvalue weighted by Gasteiger charge is -2.37. The molecule has 32 heavy (non-hydrogen) atoms. The summed E-state index contributed by atoms with van der Waals surface area (Å²) >= 11 is 0. The quantitative estimate of drug-likeness (QED) is 0.519. The highest BCUT2D eigenvalue weighted by Gasteiger charge is 2.35. The molecule has 0 aliphatic carbocycles. The molecular formula is C22H29FN6O3. The Balaban J connectivity index is 1.51. The van der Waals surface area contributed by atoms with E-state index in [1.54, 1.807) is 18.2 Å². The van der Waals surface area contributed by atoms with Crippen LogP contribution in [0.25, 0.3) is 0 Å². The predicted octanol–water partition coefficient (Wildman–Crippen LogP) is 2.79. The van der Waals surface area contributed by atoms with Crippen LogP contribution in [0.5, 0.6) is 0 Å². The van der Waals surface area contributed by atoms with E-state index in [4.69, 9.17) is 0 Å². The molecule has 2 aliphatic rings. The molecule has 1 atom stereocenters. The molecule has 2 aliphatic heterocycles. The highest BCUT2D eigenvalue weighted by molar-refractivity contribution is 5.69. The molecule has 2 N–H and O–H groups in total. The maximum absolute atomic E-state index is 14.6. The van der Waals surface area contributed by atoms with Crippen LogP contribution in [0.1, 0.15) is 12.8 Å². The lowest BCUT2D eigenvalue weighted by atomic mass is 9.95. The smallest absolute Gasteiger partial charge is 0.311 e. The van der Waals surface area contributed by atoms with Crippen molar-refractivity contribution in [3.63, 3.8) is 0 Å². The van der Waals surface area contributed by atoms with Crippen LogP contribution in [0, 0.1) is 10.1 Å². The van der Waals surface area contributed by atoms with Crippen molar-refractivity contribution in [1.82, 2.24) is 9.88 Å². The molecule has 10 heteroatoms. The third-order valence-corrected chi connectivity index (χ3v) is 6.19. The van der Waals surface area contributed by atoms with Crippen LogP contribution in [-0.4, -0.2) is 78.5 Å². The average Bonchev–Trinajstić information content (AvgIpc) is 2.80. The molecule has 1 unspecified atom stereocenters. The first kappa shape index (κ1) is 22.2. The summed E-state index contributed by atoms with van der Waals surface area (Å²) in [4.78, 5) is 21.9. The van der Waals surface area contributed by atoms with Crippen molar-refractivity contribution in [3.05, 3.63) is 46.5 Å². The highest BCUT2D eigenvalue weighted by Crippen LogP contribution is 2.32. The number of rotatable bonds is 6. The molecule has 0 radical (unpaired) electrons. The van der Waals surface area contributed by atoms with Crippen LogP contribution < -0.4 is 15.1 Å². The minimum Gasteiger partial charge on any atom is -0.393 e. The standard InChI is InChI=1S/C22H29FN6O3/c1-26-11-13-27(14-12-26)20-8-7-19(29(31)32)21(25-20)24-17-3-5-18(6-4-17)28-10-2-9-22(23,15-28)16-30/h3-8,30H,2,9-16H2,1H3,(H,24,25). The Hall–Kier alpha value is -2.98. The summed E-state index contributed by atoms with van der Waals surface area (Å²) in [6.07, 6.45) is 1.03. The van der Waals surface area contributed by atoms with Crippen molar-refractivity contribution < 1.29 is 14.4 Å². The van der Waals surface area contributed by atoms with Gasteiger partial charge in [-0.05, 0) is 50.2 Å². The molecule has 9 nitrogen and oxygen atoms in total. The zero-order chi connectivity index (χ0) is 22.7. The number of piperazine rings is 1. The highest BCUT2D eigenvalue weighted by atomic mass is 19.1. The molecule has 4 rings (SSSR count). The Morgan fingerprint density at radius 2 is 1.84 bits per heavy atom. The van der Waals surface area contributed by atoms with Gasteiger partial charge in [0.2, 0.25) is 5.82 Å². The monoisotopic (exact) mass is 444 g/mol. The summed E-state index contributed by atoms with van der Waals surface area (Å²) in [6, 6.07) is 10.5. The summed E-state index contributed by atoms with van der Waals surface area (Å²) in [5.41, 5.74) is -0.165. The van der Waals surface area contributed by atoms with Gasteiger partial charge in [0, 0.05) is 50.2 Å². The van der Waals surface area contributed by atoms with Crippen molar-refractivity contribution in [2.24, 2.45) is 0 Å². The SMILES string of the molecule is CN1CCN(c2ccc([N+](=O)[O-])c(Nc3ccc(N4CCCC(F)(CO)C4)cc3)n2)CC1. The van der Waals surface area contributed by atoms with Crippen molar-refractivity contribution >= 4 is 28.7 Å². The number of nitro groups is 1. The van der Waals surface area contributed by atoms with E-state index >= 15 is 0 Å². The van der Waals surface area contributed by atoms with Crippen molar-refractivity contribution in [1.29, 1.82) is 0 Å². The van der Waals surface area contributed by atoms with Crippen molar-refractivity contribution in [2.45, 2.75) is 18.5 Å². The van der Waals surface area contributed by atoms with Gasteiger partial charge in [-0.25, -0.2) is 9.37 Å². The van der Waals surface area contributed by atoms with Gasteiger partial charge in [-0.2, -0.15) is 0 Å². The van der Waals surface area contributed by atoms with E-state index in [9.17, 15) is 19.6 Å². The van der Waals surface area contributed by atoms with Crippen LogP contribution in [0.4, 0.5) is 33.1 Å². The number of anilines is 4. The van der Waals surface area contributed by atoms with E-state index in [2.05, 4.69) is 27.1 Å². The second-order valence-corrected chi connectivity index (χ2v) is 8.59. The molecule has 0 bridgehead atoms. The van der Waals surface area contributed by atoms with E-state index in [-0.39, 0.29) is 18.1 Å². The van der Waals surface area contributed by atoms with Crippen molar-refractivity contribution in [2.75, 3.05) is 68.0 Å². The largest absolute Gasteiger partial charge is 0.393 e. The molecule has 172 valence electrons. The first-order valence-electron chi connectivity index (χ1n) is 10.9. The number of hydrogen-bond donors (Lipinski definition) is 2. The minimum atomic E-state index is -1.58. The summed E-state index contributed by atoms with van der Waals surface area (Å²) in [5.74, 6) is 0.902. The Kier molecular flexibility index (Phi) is 6.43. The van der Waals surface area contributed by atoms with E-state index in [0.717, 1.165) is 38.4 Å². The minimum absolute atomic E-state index is 0.0897. The number of alkyl halides is 1. The zero-order valence-corrected chi connectivity index (χ0v) is 18.2. The number of halogens is 1. The van der Waals surface area contributed by atoms with Crippen LogP contribution in [0.2, 0.25) is 0 Å². The van der Waals surface area contributed by atoms with Crippen LogP contribution in [0.15, 0.2) is 36.4 Å². The Morgan fingerprint density at radius 3 is 2.50 bits per heavy atom. The fraction of sp³-hybridized carbons (Fsp3) is 0.500. The number of pyridine rings is 1. The molecule has 2 saturated heterocycles. The lowest BCUT2D eigenvalue weighted by molar-refractivity contribution is -0.384. The number of likely N-dealkylation sites (N-methyl/N-ethyl adjacent to an activating group) is 1.